The van der Waals surface area contributed by atoms with Crippen LogP contribution in [-0.2, 0) is 12.8 Å². The molecule has 0 unspecified atom stereocenters. The van der Waals surface area contributed by atoms with E-state index in [4.69, 9.17) is 5.73 Å². The highest BCUT2D eigenvalue weighted by Crippen LogP contribution is 2.24. The number of para-hydroxylation sites is 1. The Kier molecular flexibility index (Phi) is 3.87. The lowest BCUT2D eigenvalue weighted by Crippen LogP contribution is -2.00. The minimum atomic E-state index is 0.671. The van der Waals surface area contributed by atoms with Gasteiger partial charge in [0.25, 0.3) is 0 Å². The summed E-state index contributed by atoms with van der Waals surface area (Å²) >= 11 is 0. The van der Waals surface area contributed by atoms with Gasteiger partial charge < -0.3 is 5.73 Å². The number of benzene rings is 2. The first-order valence-electron chi connectivity index (χ1n) is 7.49. The van der Waals surface area contributed by atoms with Gasteiger partial charge in [0.1, 0.15) is 5.82 Å². The van der Waals surface area contributed by atoms with E-state index < -0.39 is 0 Å². The van der Waals surface area contributed by atoms with Gasteiger partial charge >= 0.3 is 0 Å². The number of nitrogens with zero attached hydrogens (tertiary/aromatic N) is 1. The molecule has 0 saturated carbocycles. The molecule has 0 aliphatic carbocycles. The largest absolute Gasteiger partial charge is 0.383 e. The van der Waals surface area contributed by atoms with Crippen LogP contribution < -0.4 is 5.73 Å². The zero-order valence-electron chi connectivity index (χ0n) is 12.3. The van der Waals surface area contributed by atoms with Gasteiger partial charge in [0, 0.05) is 5.39 Å². The van der Waals surface area contributed by atoms with Gasteiger partial charge in [0.2, 0.25) is 0 Å². The summed E-state index contributed by atoms with van der Waals surface area (Å²) in [5, 5.41) is 1.18. The molecule has 1 heterocycles. The van der Waals surface area contributed by atoms with E-state index in [1.807, 2.05) is 6.07 Å². The first kappa shape index (κ1) is 13.6. The molecule has 2 N–H and O–H groups in total. The first-order valence-corrected chi connectivity index (χ1v) is 7.49. The predicted octanol–water partition coefficient (Wildman–Crippen LogP) is 4.36. The molecule has 0 amide bonds. The second-order valence-corrected chi connectivity index (χ2v) is 5.43. The van der Waals surface area contributed by atoms with Crippen molar-refractivity contribution in [1.82, 2.24) is 4.98 Å². The summed E-state index contributed by atoms with van der Waals surface area (Å²) in [5.41, 5.74) is 10.8. The molecule has 0 saturated heterocycles. The number of fused-ring (bicyclic) bond motifs is 1. The molecule has 0 bridgehead atoms. The summed E-state index contributed by atoms with van der Waals surface area (Å²) in [6.07, 6.45) is 2.95. The van der Waals surface area contributed by atoms with Crippen molar-refractivity contribution >= 4 is 16.7 Å². The monoisotopic (exact) mass is 276 g/mol. The highest BCUT2D eigenvalue weighted by molar-refractivity contribution is 5.84. The highest BCUT2D eigenvalue weighted by Gasteiger charge is 2.07. The molecule has 3 rings (SSSR count). The Morgan fingerprint density at radius 1 is 0.952 bits per heavy atom. The number of anilines is 1. The Bertz CT molecular complexity index is 748. The Labute approximate surface area is 125 Å². The first-order chi connectivity index (χ1) is 10.3. The van der Waals surface area contributed by atoms with E-state index in [0.29, 0.717) is 5.82 Å². The average molecular weight is 276 g/mol. The van der Waals surface area contributed by atoms with E-state index in [-0.39, 0.29) is 0 Å². The van der Waals surface area contributed by atoms with Crippen molar-refractivity contribution in [1.29, 1.82) is 0 Å². The van der Waals surface area contributed by atoms with Gasteiger partial charge in [-0.05, 0) is 35.6 Å². The molecule has 0 radical (unpaired) electrons. The quantitative estimate of drug-likeness (QED) is 0.769. The maximum atomic E-state index is 6.12. The van der Waals surface area contributed by atoms with Crippen LogP contribution in [0.4, 0.5) is 5.82 Å². The normalized spacial score (nSPS) is 10.9. The summed E-state index contributed by atoms with van der Waals surface area (Å²) in [4.78, 5) is 4.67. The third kappa shape index (κ3) is 2.89. The standard InChI is InChI=1S/C19H20N2/c1-2-7-17-13-16-11-6-10-15(18(16)21-19(17)20)12-14-8-4-3-5-9-14/h3-6,8-11,13H,2,7,12H2,1H3,(H2,20,21). The van der Waals surface area contributed by atoms with Gasteiger partial charge in [-0.3, -0.25) is 0 Å². The maximum absolute atomic E-state index is 6.12. The fourth-order valence-electron chi connectivity index (χ4n) is 2.75. The van der Waals surface area contributed by atoms with Crippen LogP contribution >= 0.6 is 0 Å². The van der Waals surface area contributed by atoms with Crippen molar-refractivity contribution in [2.45, 2.75) is 26.2 Å². The fraction of sp³-hybridized carbons (Fsp3) is 0.211. The SMILES string of the molecule is CCCc1cc2cccc(Cc3ccccc3)c2nc1N. The topological polar surface area (TPSA) is 38.9 Å². The average Bonchev–Trinajstić information content (AvgIpc) is 2.50. The van der Waals surface area contributed by atoms with E-state index >= 15 is 0 Å². The van der Waals surface area contributed by atoms with E-state index in [9.17, 15) is 0 Å². The summed E-state index contributed by atoms with van der Waals surface area (Å²) in [6.45, 7) is 2.16. The van der Waals surface area contributed by atoms with Gasteiger partial charge in [0.05, 0.1) is 5.52 Å². The summed E-state index contributed by atoms with van der Waals surface area (Å²) in [5.74, 6) is 0.671. The molecular formula is C19H20N2. The van der Waals surface area contributed by atoms with Crippen LogP contribution in [0.5, 0.6) is 0 Å². The second kappa shape index (κ2) is 5.96. The molecule has 0 aliphatic heterocycles. The second-order valence-electron chi connectivity index (χ2n) is 5.43. The predicted molar refractivity (Wildman–Crippen MR) is 89.4 cm³/mol. The minimum Gasteiger partial charge on any atom is -0.383 e. The highest BCUT2D eigenvalue weighted by atomic mass is 14.8. The Hall–Kier alpha value is -2.35. The van der Waals surface area contributed by atoms with Gasteiger partial charge in [-0.2, -0.15) is 0 Å². The summed E-state index contributed by atoms with van der Waals surface area (Å²) in [6, 6.07) is 19.0. The number of hydrogen-bond donors (Lipinski definition) is 1. The minimum absolute atomic E-state index is 0.671. The number of pyridine rings is 1. The van der Waals surface area contributed by atoms with Crippen LogP contribution in [0.15, 0.2) is 54.6 Å². The molecule has 2 aromatic carbocycles. The number of hydrogen-bond acceptors (Lipinski definition) is 2. The van der Waals surface area contributed by atoms with Crippen molar-refractivity contribution in [3.8, 4) is 0 Å². The van der Waals surface area contributed by atoms with Crippen molar-refractivity contribution in [3.05, 3.63) is 71.3 Å². The number of nitrogens with two attached hydrogens (primary N) is 1. The van der Waals surface area contributed by atoms with E-state index in [2.05, 4.69) is 60.4 Å². The lowest BCUT2D eigenvalue weighted by Gasteiger charge is -2.10. The van der Waals surface area contributed by atoms with Crippen LogP contribution in [0.3, 0.4) is 0 Å². The summed E-state index contributed by atoms with van der Waals surface area (Å²) < 4.78 is 0. The number of nitrogen functional groups attached to an aromatic ring is 1. The molecule has 2 heteroatoms. The number of aromatic nitrogens is 1. The molecule has 0 spiro atoms. The fourth-order valence-corrected chi connectivity index (χ4v) is 2.75. The molecular weight excluding hydrogens is 256 g/mol. The number of rotatable bonds is 4. The van der Waals surface area contributed by atoms with Crippen molar-refractivity contribution < 1.29 is 0 Å². The Balaban J connectivity index is 2.05. The molecule has 0 fully saturated rings. The smallest absolute Gasteiger partial charge is 0.127 e. The van der Waals surface area contributed by atoms with E-state index in [0.717, 1.165) is 30.3 Å². The van der Waals surface area contributed by atoms with Crippen molar-refractivity contribution in [3.63, 3.8) is 0 Å². The van der Waals surface area contributed by atoms with E-state index in [1.54, 1.807) is 0 Å². The van der Waals surface area contributed by atoms with Crippen LogP contribution in [0.2, 0.25) is 0 Å². The molecule has 0 aliphatic rings. The van der Waals surface area contributed by atoms with Crippen LogP contribution in [-0.4, -0.2) is 4.98 Å². The molecule has 0 atom stereocenters. The number of aryl methyl sites for hydroxylation is 1. The summed E-state index contributed by atoms with van der Waals surface area (Å²) in [7, 11) is 0. The molecule has 106 valence electrons. The van der Waals surface area contributed by atoms with E-state index in [1.165, 1.54) is 16.5 Å². The lowest BCUT2D eigenvalue weighted by atomic mass is 10.00. The van der Waals surface area contributed by atoms with Crippen LogP contribution in [0.25, 0.3) is 10.9 Å². The third-order valence-corrected chi connectivity index (χ3v) is 3.80. The van der Waals surface area contributed by atoms with Crippen LogP contribution in [0.1, 0.15) is 30.0 Å². The molecule has 3 aromatic rings. The zero-order valence-corrected chi connectivity index (χ0v) is 12.3. The lowest BCUT2D eigenvalue weighted by molar-refractivity contribution is 0.920. The van der Waals surface area contributed by atoms with Crippen molar-refractivity contribution in [2.24, 2.45) is 0 Å². The van der Waals surface area contributed by atoms with Crippen LogP contribution in [0, 0.1) is 0 Å². The van der Waals surface area contributed by atoms with Gasteiger partial charge in [-0.15, -0.1) is 0 Å². The molecule has 1 aromatic heterocycles. The van der Waals surface area contributed by atoms with Gasteiger partial charge in [-0.25, -0.2) is 4.98 Å². The van der Waals surface area contributed by atoms with Crippen molar-refractivity contribution in [2.75, 3.05) is 5.73 Å². The van der Waals surface area contributed by atoms with Gasteiger partial charge in [-0.1, -0.05) is 61.9 Å². The molecule has 2 nitrogen and oxygen atoms in total. The zero-order chi connectivity index (χ0) is 14.7. The molecule has 21 heavy (non-hydrogen) atoms. The van der Waals surface area contributed by atoms with Gasteiger partial charge in [0.15, 0.2) is 0 Å². The Morgan fingerprint density at radius 2 is 1.76 bits per heavy atom. The Morgan fingerprint density at radius 3 is 2.52 bits per heavy atom. The maximum Gasteiger partial charge on any atom is 0.127 e. The third-order valence-electron chi connectivity index (χ3n) is 3.80.